The van der Waals surface area contributed by atoms with Crippen molar-refractivity contribution >= 4 is 15.9 Å². The molecule has 3 atom stereocenters. The van der Waals surface area contributed by atoms with Crippen LogP contribution in [-0.4, -0.2) is 39.3 Å². The van der Waals surface area contributed by atoms with Crippen molar-refractivity contribution in [3.8, 4) is 0 Å². The summed E-state index contributed by atoms with van der Waals surface area (Å²) in [5.41, 5.74) is 0.987. The largest absolute Gasteiger partial charge is 0.348 e. The first-order valence-electron chi connectivity index (χ1n) is 9.19. The Morgan fingerprint density at radius 2 is 1.81 bits per heavy atom. The van der Waals surface area contributed by atoms with Gasteiger partial charge in [0.15, 0.2) is 5.79 Å². The Morgan fingerprint density at radius 3 is 2.50 bits per heavy atom. The third-order valence-electron chi connectivity index (χ3n) is 5.85. The first-order valence-corrected chi connectivity index (χ1v) is 10.6. The number of hydrogen-bond acceptors (Lipinski definition) is 6. The fourth-order valence-corrected chi connectivity index (χ4v) is 5.60. The van der Waals surface area contributed by atoms with Crippen molar-refractivity contribution in [2.75, 3.05) is 13.2 Å². The zero-order valence-corrected chi connectivity index (χ0v) is 15.7. The second-order valence-electron chi connectivity index (χ2n) is 7.53. The quantitative estimate of drug-likeness (QED) is 0.750. The number of fused-ring (bicyclic) bond motifs is 1. The van der Waals surface area contributed by atoms with Crippen molar-refractivity contribution in [3.63, 3.8) is 0 Å². The molecule has 3 unspecified atom stereocenters. The molecular weight excluding hydrogens is 356 g/mol. The summed E-state index contributed by atoms with van der Waals surface area (Å²) < 4.78 is 42.5. The first-order chi connectivity index (χ1) is 12.4. The Morgan fingerprint density at radius 1 is 1.12 bits per heavy atom. The van der Waals surface area contributed by atoms with Gasteiger partial charge in [-0.2, -0.15) is 8.42 Å². The van der Waals surface area contributed by atoms with Crippen LogP contribution in [0.2, 0.25) is 0 Å². The molecule has 0 radical (unpaired) electrons. The van der Waals surface area contributed by atoms with Crippen LogP contribution in [0.15, 0.2) is 29.2 Å². The Balaban J connectivity index is 1.52. The molecule has 6 nitrogen and oxygen atoms in total. The number of carbonyl (C=O) groups excluding carboxylic acids is 1. The van der Waals surface area contributed by atoms with Crippen LogP contribution in [0.3, 0.4) is 0 Å². The Bertz CT molecular complexity index is 779. The molecule has 1 aromatic rings. The average molecular weight is 380 g/mol. The van der Waals surface area contributed by atoms with E-state index in [4.69, 9.17) is 13.7 Å². The normalized spacial score (nSPS) is 31.1. The van der Waals surface area contributed by atoms with Crippen molar-refractivity contribution in [2.45, 2.75) is 55.8 Å². The van der Waals surface area contributed by atoms with Crippen LogP contribution in [0.1, 0.15) is 37.7 Å². The molecule has 142 valence electrons. The predicted octanol–water partition coefficient (Wildman–Crippen LogP) is 2.59. The molecule has 1 heterocycles. The number of ether oxygens (including phenoxy) is 2. The second-order valence-corrected chi connectivity index (χ2v) is 9.10. The van der Waals surface area contributed by atoms with Gasteiger partial charge in [-0.1, -0.05) is 17.7 Å². The lowest BCUT2D eigenvalue weighted by molar-refractivity contribution is -0.203. The summed E-state index contributed by atoms with van der Waals surface area (Å²) >= 11 is 0. The molecule has 2 saturated carbocycles. The second kappa shape index (κ2) is 6.71. The lowest BCUT2D eigenvalue weighted by Crippen LogP contribution is -2.49. The van der Waals surface area contributed by atoms with Crippen LogP contribution in [0.25, 0.3) is 0 Å². The van der Waals surface area contributed by atoms with Gasteiger partial charge in [0.25, 0.3) is 10.1 Å². The van der Waals surface area contributed by atoms with E-state index in [2.05, 4.69) is 0 Å². The highest BCUT2D eigenvalue weighted by atomic mass is 32.2. The summed E-state index contributed by atoms with van der Waals surface area (Å²) in [6, 6.07) is 6.63. The molecule has 0 N–H and O–H groups in total. The third kappa shape index (κ3) is 3.33. The molecule has 1 aliphatic heterocycles. The van der Waals surface area contributed by atoms with Gasteiger partial charge in [-0.3, -0.25) is 8.98 Å². The third-order valence-corrected chi connectivity index (χ3v) is 7.20. The maximum absolute atomic E-state index is 12.7. The number of benzene rings is 1. The molecule has 3 aliphatic rings. The highest BCUT2D eigenvalue weighted by Crippen LogP contribution is 2.47. The van der Waals surface area contributed by atoms with Gasteiger partial charge in [0, 0.05) is 25.2 Å². The van der Waals surface area contributed by atoms with Gasteiger partial charge in [0.05, 0.1) is 24.2 Å². The zero-order valence-electron chi connectivity index (χ0n) is 14.8. The van der Waals surface area contributed by atoms with Crippen LogP contribution >= 0.6 is 0 Å². The van der Waals surface area contributed by atoms with Crippen molar-refractivity contribution in [3.05, 3.63) is 29.8 Å². The lowest BCUT2D eigenvalue weighted by atomic mass is 9.67. The van der Waals surface area contributed by atoms with Gasteiger partial charge >= 0.3 is 0 Å². The SMILES string of the molecule is Cc1ccc(S(=O)(=O)OC2CCC(=O)C3CC4(CCC23)OCCO4)cc1. The van der Waals surface area contributed by atoms with E-state index < -0.39 is 22.0 Å². The highest BCUT2D eigenvalue weighted by molar-refractivity contribution is 7.86. The summed E-state index contributed by atoms with van der Waals surface area (Å²) in [6.07, 6.45) is 2.16. The zero-order chi connectivity index (χ0) is 18.4. The minimum Gasteiger partial charge on any atom is -0.348 e. The molecular formula is C19H24O6S. The molecule has 26 heavy (non-hydrogen) atoms. The summed E-state index contributed by atoms with van der Waals surface area (Å²) in [5.74, 6) is -0.848. The molecule has 2 aliphatic carbocycles. The van der Waals surface area contributed by atoms with Crippen LogP contribution in [0, 0.1) is 18.8 Å². The van der Waals surface area contributed by atoms with Crippen LogP contribution in [0.5, 0.6) is 0 Å². The van der Waals surface area contributed by atoms with Crippen molar-refractivity contribution < 1.29 is 26.9 Å². The van der Waals surface area contributed by atoms with Crippen LogP contribution < -0.4 is 0 Å². The molecule has 1 aromatic carbocycles. The van der Waals surface area contributed by atoms with Gasteiger partial charge in [-0.05, 0) is 37.8 Å². The first kappa shape index (κ1) is 18.1. The molecule has 1 saturated heterocycles. The van der Waals surface area contributed by atoms with E-state index in [1.165, 1.54) is 0 Å². The standard InChI is InChI=1S/C19H24O6S/c1-13-2-4-14(5-3-13)26(21,22)25-18-7-6-17(20)16-12-19(9-8-15(16)18)23-10-11-24-19/h2-5,15-16,18H,6-12H2,1H3. The number of Topliss-reactive ketones (excluding diaryl/α,β-unsaturated/α-hetero) is 1. The van der Waals surface area contributed by atoms with Crippen molar-refractivity contribution in [1.29, 1.82) is 0 Å². The van der Waals surface area contributed by atoms with E-state index >= 15 is 0 Å². The Labute approximate surface area is 153 Å². The number of hydrogen-bond donors (Lipinski definition) is 0. The molecule has 0 bridgehead atoms. The number of rotatable bonds is 3. The summed E-state index contributed by atoms with van der Waals surface area (Å²) in [7, 11) is -3.85. The van der Waals surface area contributed by atoms with Gasteiger partial charge in [-0.25, -0.2) is 0 Å². The van der Waals surface area contributed by atoms with Gasteiger partial charge in [-0.15, -0.1) is 0 Å². The number of carbonyl (C=O) groups is 1. The number of ketones is 1. The average Bonchev–Trinajstić information content (AvgIpc) is 3.06. The van der Waals surface area contributed by atoms with E-state index in [1.807, 2.05) is 6.92 Å². The summed E-state index contributed by atoms with van der Waals surface area (Å²) in [6.45, 7) is 3.00. The Kier molecular flexibility index (Phi) is 4.67. The molecule has 1 spiro atoms. The van der Waals surface area contributed by atoms with Gasteiger partial charge < -0.3 is 9.47 Å². The summed E-state index contributed by atoms with van der Waals surface area (Å²) in [4.78, 5) is 12.6. The fraction of sp³-hybridized carbons (Fsp3) is 0.632. The summed E-state index contributed by atoms with van der Waals surface area (Å²) in [5, 5.41) is 0. The molecule has 0 aromatic heterocycles. The van der Waals surface area contributed by atoms with Gasteiger partial charge in [0.2, 0.25) is 0 Å². The van der Waals surface area contributed by atoms with Crippen molar-refractivity contribution in [2.24, 2.45) is 11.8 Å². The van der Waals surface area contributed by atoms with Crippen molar-refractivity contribution in [1.82, 2.24) is 0 Å². The predicted molar refractivity (Wildman–Crippen MR) is 92.9 cm³/mol. The Hall–Kier alpha value is -1.28. The smallest absolute Gasteiger partial charge is 0.297 e. The highest BCUT2D eigenvalue weighted by Gasteiger charge is 2.51. The molecule has 4 rings (SSSR count). The topological polar surface area (TPSA) is 78.9 Å². The number of aryl methyl sites for hydroxylation is 1. The van der Waals surface area contributed by atoms with Crippen LogP contribution in [0.4, 0.5) is 0 Å². The van der Waals surface area contributed by atoms with E-state index in [-0.39, 0.29) is 22.5 Å². The lowest BCUT2D eigenvalue weighted by Gasteiger charge is -2.45. The maximum Gasteiger partial charge on any atom is 0.297 e. The van der Waals surface area contributed by atoms with Crippen LogP contribution in [-0.2, 0) is 28.6 Å². The minimum absolute atomic E-state index is 0.102. The molecule has 7 heteroatoms. The molecule has 0 amide bonds. The minimum atomic E-state index is -3.85. The van der Waals surface area contributed by atoms with E-state index in [0.717, 1.165) is 5.56 Å². The van der Waals surface area contributed by atoms with Gasteiger partial charge in [0.1, 0.15) is 5.78 Å². The molecule has 3 fully saturated rings. The fourth-order valence-electron chi connectivity index (χ4n) is 4.46. The monoisotopic (exact) mass is 380 g/mol. The van der Waals surface area contributed by atoms with E-state index in [9.17, 15) is 13.2 Å². The van der Waals surface area contributed by atoms with E-state index in [1.54, 1.807) is 24.3 Å². The maximum atomic E-state index is 12.7. The van der Waals surface area contributed by atoms with E-state index in [0.29, 0.717) is 45.3 Å².